The van der Waals surface area contributed by atoms with Gasteiger partial charge in [0, 0.05) is 38.0 Å². The fraction of sp³-hybridized carbons (Fsp3) is 0.500. The molecule has 0 unspecified atom stereocenters. The zero-order valence-electron chi connectivity index (χ0n) is 12.6. The van der Waals surface area contributed by atoms with E-state index < -0.39 is 9.84 Å². The Hall–Kier alpha value is -1.44. The van der Waals surface area contributed by atoms with Gasteiger partial charge in [0.1, 0.15) is 0 Å². The molecule has 0 aliphatic carbocycles. The van der Waals surface area contributed by atoms with Gasteiger partial charge < -0.3 is 4.90 Å². The Bertz CT molecular complexity index is 635. The molecule has 1 aliphatic rings. The van der Waals surface area contributed by atoms with Crippen LogP contribution >= 0.6 is 0 Å². The van der Waals surface area contributed by atoms with Gasteiger partial charge in [0.05, 0.1) is 4.90 Å². The first-order valence-corrected chi connectivity index (χ1v) is 8.72. The molecule has 0 aromatic heterocycles. The monoisotopic (exact) mass is 311 g/mol. The van der Waals surface area contributed by atoms with Gasteiger partial charge in [-0.05, 0) is 31.7 Å². The maximum Gasteiger partial charge on any atom is 0.265 e. The molecule has 2 rings (SSSR count). The van der Waals surface area contributed by atoms with E-state index >= 15 is 0 Å². The van der Waals surface area contributed by atoms with Gasteiger partial charge in [0.25, 0.3) is 5.91 Å². The van der Waals surface area contributed by atoms with Crippen molar-refractivity contribution in [3.63, 3.8) is 0 Å². The number of sulfone groups is 1. The molecule has 1 aromatic rings. The number of hydrazine groups is 1. The summed E-state index contributed by atoms with van der Waals surface area (Å²) in [6.07, 6.45) is 1.14. The molecule has 21 heavy (non-hydrogen) atoms. The molecule has 116 valence electrons. The second-order valence-corrected chi connectivity index (χ2v) is 7.50. The van der Waals surface area contributed by atoms with Gasteiger partial charge in [-0.2, -0.15) is 0 Å². The fourth-order valence-electron chi connectivity index (χ4n) is 2.20. The smallest absolute Gasteiger partial charge is 0.265 e. The number of piperazine rings is 1. The number of carbonyl (C=O) groups is 1. The van der Waals surface area contributed by atoms with Crippen LogP contribution in [-0.2, 0) is 9.84 Å². The lowest BCUT2D eigenvalue weighted by molar-refractivity contribution is 0.0661. The first-order valence-electron chi connectivity index (χ1n) is 6.82. The molecule has 1 amide bonds. The van der Waals surface area contributed by atoms with E-state index in [1.54, 1.807) is 13.0 Å². The van der Waals surface area contributed by atoms with Gasteiger partial charge in [-0.25, -0.2) is 13.4 Å². The predicted octanol–water partition coefficient (Wildman–Crippen LogP) is 0.291. The van der Waals surface area contributed by atoms with Crippen LogP contribution in [0.4, 0.5) is 0 Å². The van der Waals surface area contributed by atoms with Crippen LogP contribution in [0.5, 0.6) is 0 Å². The Morgan fingerprint density at radius 2 is 1.81 bits per heavy atom. The van der Waals surface area contributed by atoms with E-state index in [1.807, 2.05) is 12.1 Å². The topological polar surface area (TPSA) is 69.7 Å². The van der Waals surface area contributed by atoms with Crippen LogP contribution in [-0.4, -0.2) is 63.7 Å². The summed E-state index contributed by atoms with van der Waals surface area (Å²) in [5.74, 6) is -0.262. The van der Waals surface area contributed by atoms with E-state index in [1.165, 1.54) is 12.1 Å². The molecule has 1 fully saturated rings. The van der Waals surface area contributed by atoms with Gasteiger partial charge in [-0.1, -0.05) is 6.07 Å². The largest absolute Gasteiger partial charge is 0.304 e. The van der Waals surface area contributed by atoms with Gasteiger partial charge in [-0.3, -0.25) is 10.2 Å². The Morgan fingerprint density at radius 3 is 2.38 bits per heavy atom. The number of likely N-dealkylation sites (N-methyl/N-ethyl adjacent to an activating group) is 1. The average Bonchev–Trinajstić information content (AvgIpc) is 2.40. The normalized spacial score (nSPS) is 17.7. The molecule has 6 nitrogen and oxygen atoms in total. The molecule has 1 N–H and O–H groups in total. The summed E-state index contributed by atoms with van der Waals surface area (Å²) in [4.78, 5) is 14.7. The molecule has 1 heterocycles. The standard InChI is InChI=1S/C14H21N3O3S/c1-11-4-5-12(21(3,19)20)10-13(11)14(18)15-17-8-6-16(2)7-9-17/h4-5,10H,6-9H2,1-3H3,(H,15,18). The number of benzene rings is 1. The van der Waals surface area contributed by atoms with Crippen molar-refractivity contribution < 1.29 is 13.2 Å². The van der Waals surface area contributed by atoms with Gasteiger partial charge in [0.2, 0.25) is 0 Å². The Morgan fingerprint density at radius 1 is 1.19 bits per heavy atom. The number of rotatable bonds is 3. The summed E-state index contributed by atoms with van der Waals surface area (Å²) >= 11 is 0. The third-order valence-corrected chi connectivity index (χ3v) is 4.75. The van der Waals surface area contributed by atoms with Crippen molar-refractivity contribution in [2.24, 2.45) is 0 Å². The molecule has 0 atom stereocenters. The lowest BCUT2D eigenvalue weighted by Gasteiger charge is -2.32. The number of amides is 1. The predicted molar refractivity (Wildman–Crippen MR) is 80.8 cm³/mol. The molecule has 1 aromatic carbocycles. The number of carbonyl (C=O) groups excluding carboxylic acids is 1. The molecular formula is C14H21N3O3S. The summed E-state index contributed by atoms with van der Waals surface area (Å²) in [6, 6.07) is 4.63. The van der Waals surface area contributed by atoms with Crippen molar-refractivity contribution in [3.8, 4) is 0 Å². The average molecular weight is 311 g/mol. The first-order chi connectivity index (χ1) is 9.77. The molecule has 7 heteroatoms. The van der Waals surface area contributed by atoms with Crippen LogP contribution in [0.3, 0.4) is 0 Å². The highest BCUT2D eigenvalue weighted by Gasteiger charge is 2.19. The molecular weight excluding hydrogens is 290 g/mol. The number of hydrogen-bond acceptors (Lipinski definition) is 5. The van der Waals surface area contributed by atoms with Crippen molar-refractivity contribution in [1.29, 1.82) is 0 Å². The van der Waals surface area contributed by atoms with Crippen LogP contribution in [0.15, 0.2) is 23.1 Å². The van der Waals surface area contributed by atoms with Gasteiger partial charge >= 0.3 is 0 Å². The lowest BCUT2D eigenvalue weighted by atomic mass is 10.1. The first kappa shape index (κ1) is 15.9. The van der Waals surface area contributed by atoms with E-state index in [-0.39, 0.29) is 10.8 Å². The Kier molecular flexibility index (Phi) is 4.65. The molecule has 0 saturated carbocycles. The van der Waals surface area contributed by atoms with Crippen LogP contribution in [0.1, 0.15) is 15.9 Å². The van der Waals surface area contributed by atoms with Crippen LogP contribution in [0.25, 0.3) is 0 Å². The summed E-state index contributed by atoms with van der Waals surface area (Å²) in [5, 5.41) is 1.87. The molecule has 1 saturated heterocycles. The lowest BCUT2D eigenvalue weighted by Crippen LogP contribution is -2.52. The zero-order valence-corrected chi connectivity index (χ0v) is 13.4. The van der Waals surface area contributed by atoms with Crippen molar-refractivity contribution in [3.05, 3.63) is 29.3 Å². The highest BCUT2D eigenvalue weighted by Crippen LogP contribution is 2.15. The Balaban J connectivity index is 2.15. The summed E-state index contributed by atoms with van der Waals surface area (Å²) in [5.41, 5.74) is 4.01. The maximum atomic E-state index is 12.3. The molecule has 1 aliphatic heterocycles. The quantitative estimate of drug-likeness (QED) is 0.869. The van der Waals surface area contributed by atoms with Crippen molar-refractivity contribution in [2.75, 3.05) is 39.5 Å². The minimum Gasteiger partial charge on any atom is -0.304 e. The van der Waals surface area contributed by atoms with E-state index in [4.69, 9.17) is 0 Å². The SMILES string of the molecule is Cc1ccc(S(C)(=O)=O)cc1C(=O)NN1CCN(C)CC1. The molecule has 0 bridgehead atoms. The van der Waals surface area contributed by atoms with Crippen molar-refractivity contribution >= 4 is 15.7 Å². The van der Waals surface area contributed by atoms with E-state index in [9.17, 15) is 13.2 Å². The minimum absolute atomic E-state index is 0.164. The zero-order chi connectivity index (χ0) is 15.6. The molecule has 0 spiro atoms. The van der Waals surface area contributed by atoms with Crippen LogP contribution in [0.2, 0.25) is 0 Å². The second-order valence-electron chi connectivity index (χ2n) is 5.48. The number of nitrogens with zero attached hydrogens (tertiary/aromatic N) is 2. The number of hydrogen-bond donors (Lipinski definition) is 1. The minimum atomic E-state index is -3.32. The summed E-state index contributed by atoms with van der Waals surface area (Å²) in [6.45, 7) is 5.09. The van der Waals surface area contributed by atoms with Crippen LogP contribution in [0, 0.1) is 6.92 Å². The van der Waals surface area contributed by atoms with E-state index in [0.29, 0.717) is 5.56 Å². The number of aryl methyl sites for hydroxylation is 1. The van der Waals surface area contributed by atoms with Crippen molar-refractivity contribution in [1.82, 2.24) is 15.3 Å². The third kappa shape index (κ3) is 4.03. The molecule has 0 radical (unpaired) electrons. The highest BCUT2D eigenvalue weighted by molar-refractivity contribution is 7.90. The summed E-state index contributed by atoms with van der Waals surface area (Å²) < 4.78 is 23.2. The summed E-state index contributed by atoms with van der Waals surface area (Å²) in [7, 11) is -1.28. The van der Waals surface area contributed by atoms with Crippen LogP contribution < -0.4 is 5.43 Å². The number of nitrogens with one attached hydrogen (secondary N) is 1. The maximum absolute atomic E-state index is 12.3. The fourth-order valence-corrected chi connectivity index (χ4v) is 2.85. The van der Waals surface area contributed by atoms with Gasteiger partial charge in [-0.15, -0.1) is 0 Å². The van der Waals surface area contributed by atoms with E-state index in [2.05, 4.69) is 10.3 Å². The van der Waals surface area contributed by atoms with Gasteiger partial charge in [0.15, 0.2) is 9.84 Å². The van der Waals surface area contributed by atoms with Crippen molar-refractivity contribution in [2.45, 2.75) is 11.8 Å². The third-order valence-electron chi connectivity index (χ3n) is 3.64. The Labute approximate surface area is 125 Å². The van der Waals surface area contributed by atoms with E-state index in [0.717, 1.165) is 38.0 Å². The highest BCUT2D eigenvalue weighted by atomic mass is 32.2. The second kappa shape index (κ2) is 6.13.